The quantitative estimate of drug-likeness (QED) is 0.509. The van der Waals surface area contributed by atoms with E-state index in [9.17, 15) is 9.59 Å². The van der Waals surface area contributed by atoms with Crippen molar-refractivity contribution >= 4 is 28.5 Å². The van der Waals surface area contributed by atoms with Gasteiger partial charge in [0, 0.05) is 18.1 Å². The fraction of sp³-hybridized carbons (Fsp3) is 0.250. The van der Waals surface area contributed by atoms with Gasteiger partial charge in [-0.15, -0.1) is 0 Å². The Morgan fingerprint density at radius 1 is 1.22 bits per heavy atom. The number of benzene rings is 1. The molecule has 1 unspecified atom stereocenters. The highest BCUT2D eigenvalue weighted by Crippen LogP contribution is 2.30. The molecule has 0 saturated carbocycles. The molecule has 32 heavy (non-hydrogen) atoms. The first kappa shape index (κ1) is 20.0. The third kappa shape index (κ3) is 3.64. The lowest BCUT2D eigenvalue weighted by Crippen LogP contribution is -2.40. The van der Waals surface area contributed by atoms with Crippen LogP contribution in [0.25, 0.3) is 11.0 Å². The van der Waals surface area contributed by atoms with Gasteiger partial charge < -0.3 is 15.2 Å². The lowest BCUT2D eigenvalue weighted by Gasteiger charge is -2.29. The Labute approximate surface area is 185 Å². The molecule has 8 nitrogen and oxygen atoms in total. The molecule has 0 fully saturated rings. The standard InChI is InChI=1S/C24H24N6O2/c1-15(2)21-12-25-24(32)20-10-17-8-9-19(28-22(17)30(20)21)23(31)27-18-11-26-29(14-18)13-16-6-4-3-5-7-16/h3-11,14-15,21H,12-13H2,1-2H3,(H,25,32)(H,27,31). The van der Waals surface area contributed by atoms with Gasteiger partial charge in [-0.3, -0.25) is 14.3 Å². The molecule has 4 heterocycles. The molecule has 2 N–H and O–H groups in total. The van der Waals surface area contributed by atoms with Gasteiger partial charge in [-0.05, 0) is 29.7 Å². The van der Waals surface area contributed by atoms with Gasteiger partial charge in [-0.25, -0.2) is 4.98 Å². The van der Waals surface area contributed by atoms with E-state index in [0.717, 1.165) is 10.9 Å². The minimum Gasteiger partial charge on any atom is -0.349 e. The number of fused-ring (bicyclic) bond motifs is 3. The van der Waals surface area contributed by atoms with Gasteiger partial charge in [-0.2, -0.15) is 5.10 Å². The van der Waals surface area contributed by atoms with Crippen LogP contribution in [0.15, 0.2) is 60.9 Å². The van der Waals surface area contributed by atoms with Crippen LogP contribution in [0.5, 0.6) is 0 Å². The Hall–Kier alpha value is -3.94. The second-order valence-corrected chi connectivity index (χ2v) is 8.40. The summed E-state index contributed by atoms with van der Waals surface area (Å²) in [5.41, 5.74) is 3.26. The third-order valence-electron chi connectivity index (χ3n) is 5.80. The molecule has 1 atom stereocenters. The highest BCUT2D eigenvalue weighted by molar-refractivity contribution is 6.04. The number of hydrogen-bond donors (Lipinski definition) is 2. The SMILES string of the molecule is CC(C)C1CNC(=O)c2cc3ccc(C(=O)Nc4cnn(Cc5ccccc5)c4)nc3n21. The van der Waals surface area contributed by atoms with Crippen molar-refractivity contribution in [2.45, 2.75) is 26.4 Å². The summed E-state index contributed by atoms with van der Waals surface area (Å²) in [5.74, 6) is -0.125. The lowest BCUT2D eigenvalue weighted by atomic mass is 10.0. The largest absolute Gasteiger partial charge is 0.349 e. The van der Waals surface area contributed by atoms with E-state index in [1.807, 2.05) is 47.0 Å². The molecule has 3 aromatic heterocycles. The molecule has 5 rings (SSSR count). The Kier molecular flexibility index (Phi) is 4.97. The third-order valence-corrected chi connectivity index (χ3v) is 5.80. The van der Waals surface area contributed by atoms with Crippen molar-refractivity contribution in [3.05, 3.63) is 77.9 Å². The number of pyridine rings is 1. The normalized spacial score (nSPS) is 15.6. The number of carbonyl (C=O) groups is 2. The van der Waals surface area contributed by atoms with Crippen molar-refractivity contribution in [3.8, 4) is 0 Å². The molecule has 8 heteroatoms. The Morgan fingerprint density at radius 3 is 2.81 bits per heavy atom. The van der Waals surface area contributed by atoms with Gasteiger partial charge in [-0.1, -0.05) is 44.2 Å². The van der Waals surface area contributed by atoms with Crippen LogP contribution in [-0.2, 0) is 6.54 Å². The van der Waals surface area contributed by atoms with Crippen molar-refractivity contribution in [3.63, 3.8) is 0 Å². The van der Waals surface area contributed by atoms with E-state index in [-0.39, 0.29) is 17.9 Å². The molecule has 1 aliphatic heterocycles. The average Bonchev–Trinajstić information content (AvgIpc) is 3.39. The van der Waals surface area contributed by atoms with E-state index >= 15 is 0 Å². The van der Waals surface area contributed by atoms with Crippen molar-refractivity contribution in [1.82, 2.24) is 24.6 Å². The number of rotatable bonds is 5. The zero-order valence-corrected chi connectivity index (χ0v) is 17.9. The predicted molar refractivity (Wildman–Crippen MR) is 122 cm³/mol. The molecular weight excluding hydrogens is 404 g/mol. The van der Waals surface area contributed by atoms with Gasteiger partial charge in [0.25, 0.3) is 11.8 Å². The molecule has 0 radical (unpaired) electrons. The van der Waals surface area contributed by atoms with Gasteiger partial charge in [0.05, 0.1) is 24.5 Å². The first-order chi connectivity index (χ1) is 15.5. The highest BCUT2D eigenvalue weighted by Gasteiger charge is 2.30. The predicted octanol–water partition coefficient (Wildman–Crippen LogP) is 3.47. The molecule has 162 valence electrons. The van der Waals surface area contributed by atoms with E-state index in [2.05, 4.69) is 34.6 Å². The van der Waals surface area contributed by atoms with E-state index in [4.69, 9.17) is 0 Å². The summed E-state index contributed by atoms with van der Waals surface area (Å²) in [6.45, 7) is 5.39. The summed E-state index contributed by atoms with van der Waals surface area (Å²) in [6.07, 6.45) is 3.42. The van der Waals surface area contributed by atoms with Gasteiger partial charge in [0.1, 0.15) is 17.0 Å². The van der Waals surface area contributed by atoms with Crippen molar-refractivity contribution in [2.75, 3.05) is 11.9 Å². The van der Waals surface area contributed by atoms with Crippen molar-refractivity contribution in [2.24, 2.45) is 5.92 Å². The second-order valence-electron chi connectivity index (χ2n) is 8.40. The molecule has 0 saturated heterocycles. The first-order valence-electron chi connectivity index (χ1n) is 10.7. The average molecular weight is 428 g/mol. The summed E-state index contributed by atoms with van der Waals surface area (Å²) in [6, 6.07) is 15.4. The number of aromatic nitrogens is 4. The zero-order chi connectivity index (χ0) is 22.2. The molecular formula is C24H24N6O2. The molecule has 0 spiro atoms. The summed E-state index contributed by atoms with van der Waals surface area (Å²) in [5, 5.41) is 11.0. The summed E-state index contributed by atoms with van der Waals surface area (Å²) in [7, 11) is 0. The number of nitrogens with zero attached hydrogens (tertiary/aromatic N) is 4. The van der Waals surface area contributed by atoms with Gasteiger partial charge in [0.2, 0.25) is 0 Å². The smallest absolute Gasteiger partial charge is 0.274 e. The molecule has 1 aromatic carbocycles. The number of hydrogen-bond acceptors (Lipinski definition) is 4. The molecule has 2 amide bonds. The van der Waals surface area contributed by atoms with Crippen LogP contribution in [0.1, 0.15) is 46.4 Å². The zero-order valence-electron chi connectivity index (χ0n) is 17.9. The monoisotopic (exact) mass is 428 g/mol. The molecule has 0 bridgehead atoms. The Morgan fingerprint density at radius 2 is 2.03 bits per heavy atom. The van der Waals surface area contributed by atoms with Crippen molar-refractivity contribution in [1.29, 1.82) is 0 Å². The van der Waals surface area contributed by atoms with E-state index in [1.165, 1.54) is 0 Å². The van der Waals surface area contributed by atoms with Crippen LogP contribution in [0.3, 0.4) is 0 Å². The maximum Gasteiger partial charge on any atom is 0.274 e. The van der Waals surface area contributed by atoms with Gasteiger partial charge >= 0.3 is 0 Å². The Bertz CT molecular complexity index is 1300. The minimum atomic E-state index is -0.317. The van der Waals surface area contributed by atoms with E-state index < -0.39 is 0 Å². The number of carbonyl (C=O) groups excluding carboxylic acids is 2. The number of nitrogens with one attached hydrogen (secondary N) is 2. The molecule has 1 aliphatic rings. The fourth-order valence-electron chi connectivity index (χ4n) is 4.13. The fourth-order valence-corrected chi connectivity index (χ4v) is 4.13. The number of anilines is 1. The van der Waals surface area contributed by atoms with E-state index in [0.29, 0.717) is 41.7 Å². The number of amides is 2. The topological polar surface area (TPSA) is 93.8 Å². The maximum absolute atomic E-state index is 12.9. The minimum absolute atomic E-state index is 0.0854. The van der Waals surface area contributed by atoms with Crippen LogP contribution < -0.4 is 10.6 Å². The van der Waals surface area contributed by atoms with Crippen LogP contribution >= 0.6 is 0 Å². The van der Waals surface area contributed by atoms with Crippen LogP contribution in [0, 0.1) is 5.92 Å². The summed E-state index contributed by atoms with van der Waals surface area (Å²) < 4.78 is 3.74. The lowest BCUT2D eigenvalue weighted by molar-refractivity contribution is 0.0906. The first-order valence-corrected chi connectivity index (χ1v) is 10.7. The van der Waals surface area contributed by atoms with Crippen LogP contribution in [0.2, 0.25) is 0 Å². The summed E-state index contributed by atoms with van der Waals surface area (Å²) >= 11 is 0. The Balaban J connectivity index is 1.40. The second kappa shape index (κ2) is 7.96. The molecule has 0 aliphatic carbocycles. The van der Waals surface area contributed by atoms with Crippen LogP contribution in [-0.4, -0.2) is 37.7 Å². The van der Waals surface area contributed by atoms with Crippen molar-refractivity contribution < 1.29 is 9.59 Å². The van der Waals surface area contributed by atoms with Crippen LogP contribution in [0.4, 0.5) is 5.69 Å². The summed E-state index contributed by atoms with van der Waals surface area (Å²) in [4.78, 5) is 29.9. The van der Waals surface area contributed by atoms with Gasteiger partial charge in [0.15, 0.2) is 0 Å². The maximum atomic E-state index is 12.9. The van der Waals surface area contributed by atoms with E-state index in [1.54, 1.807) is 23.1 Å². The highest BCUT2D eigenvalue weighted by atomic mass is 16.2. The molecule has 4 aromatic rings.